The van der Waals surface area contributed by atoms with Crippen LogP contribution in [0.5, 0.6) is 0 Å². The molecular weight excluding hydrogens is 324 g/mol. The van der Waals surface area contributed by atoms with E-state index < -0.39 is 11.4 Å². The number of ether oxygens (including phenoxy) is 2. The Balaban J connectivity index is 1.59. The van der Waals surface area contributed by atoms with Gasteiger partial charge >= 0.3 is 0 Å². The second-order valence-corrected chi connectivity index (χ2v) is 11.8. The number of rotatable bonds is 1. The van der Waals surface area contributed by atoms with Crippen LogP contribution in [0.15, 0.2) is 0 Å². The average Bonchev–Trinajstić information content (AvgIpc) is 2.86. The first-order valence-electron chi connectivity index (χ1n) is 10.9. The highest BCUT2D eigenvalue weighted by Crippen LogP contribution is 2.66. The van der Waals surface area contributed by atoms with Crippen molar-refractivity contribution in [2.24, 2.45) is 28.1 Å². The minimum absolute atomic E-state index is 0.0202. The Morgan fingerprint density at radius 3 is 2.19 bits per heavy atom. The van der Waals surface area contributed by atoms with Gasteiger partial charge in [0.15, 0.2) is 5.79 Å². The molecule has 0 aromatic heterocycles. The zero-order valence-corrected chi connectivity index (χ0v) is 17.9. The van der Waals surface area contributed by atoms with Crippen LogP contribution in [0.4, 0.5) is 0 Å². The minimum Gasteiger partial charge on any atom is -0.390 e. The fraction of sp³-hybridized carbons (Fsp3) is 1.00. The quantitative estimate of drug-likeness (QED) is 0.686. The molecule has 3 aliphatic carbocycles. The number of hydrogen-bond donors (Lipinski definition) is 1. The molecule has 3 nitrogen and oxygen atoms in total. The second kappa shape index (κ2) is 5.70. The van der Waals surface area contributed by atoms with Gasteiger partial charge in [-0.3, -0.25) is 0 Å². The molecule has 0 aromatic rings. The molecule has 0 spiro atoms. The molecule has 4 rings (SSSR count). The normalized spacial score (nSPS) is 53.0. The first-order chi connectivity index (χ1) is 11.9. The van der Waals surface area contributed by atoms with Gasteiger partial charge in [-0.2, -0.15) is 0 Å². The third-order valence-corrected chi connectivity index (χ3v) is 9.09. The molecule has 1 N–H and O–H groups in total. The van der Waals surface area contributed by atoms with E-state index in [-0.39, 0.29) is 11.5 Å². The van der Waals surface area contributed by atoms with Gasteiger partial charge in [0, 0.05) is 0 Å². The lowest BCUT2D eigenvalue weighted by Crippen LogP contribution is -2.62. The van der Waals surface area contributed by atoms with Crippen molar-refractivity contribution in [2.45, 2.75) is 110 Å². The van der Waals surface area contributed by atoms with Crippen molar-refractivity contribution in [3.63, 3.8) is 0 Å². The maximum absolute atomic E-state index is 11.9. The van der Waals surface area contributed by atoms with Gasteiger partial charge in [-0.1, -0.05) is 34.1 Å². The van der Waals surface area contributed by atoms with E-state index in [1.807, 2.05) is 13.8 Å². The van der Waals surface area contributed by atoms with E-state index >= 15 is 0 Å². The summed E-state index contributed by atoms with van der Waals surface area (Å²) in [7, 11) is 0. The van der Waals surface area contributed by atoms with Crippen LogP contribution in [0.2, 0.25) is 0 Å². The summed E-state index contributed by atoms with van der Waals surface area (Å²) < 4.78 is 12.1. The first kappa shape index (κ1) is 19.2. The Kier molecular flexibility index (Phi) is 4.21. The second-order valence-electron chi connectivity index (χ2n) is 11.8. The number of fused-ring (bicyclic) bond motifs is 3. The smallest absolute Gasteiger partial charge is 0.163 e. The highest BCUT2D eigenvalue weighted by Gasteiger charge is 2.63. The van der Waals surface area contributed by atoms with E-state index in [0.29, 0.717) is 23.4 Å². The van der Waals surface area contributed by atoms with Gasteiger partial charge in [-0.25, -0.2) is 0 Å². The van der Waals surface area contributed by atoms with Crippen molar-refractivity contribution in [3.05, 3.63) is 0 Å². The van der Waals surface area contributed by atoms with Crippen molar-refractivity contribution in [1.29, 1.82) is 0 Å². The zero-order chi connectivity index (χ0) is 19.0. The molecule has 1 saturated heterocycles. The van der Waals surface area contributed by atoms with Crippen LogP contribution in [-0.4, -0.2) is 29.2 Å². The summed E-state index contributed by atoms with van der Waals surface area (Å²) in [4.78, 5) is 0. The summed E-state index contributed by atoms with van der Waals surface area (Å²) in [5.74, 6) is 0.713. The Labute approximate surface area is 160 Å². The van der Waals surface area contributed by atoms with Crippen LogP contribution >= 0.6 is 0 Å². The number of aliphatic hydroxyl groups is 1. The lowest BCUT2D eigenvalue weighted by molar-refractivity contribution is -0.224. The molecule has 26 heavy (non-hydrogen) atoms. The molecule has 150 valence electrons. The Morgan fingerprint density at radius 1 is 0.846 bits per heavy atom. The van der Waals surface area contributed by atoms with Gasteiger partial charge in [0.1, 0.15) is 0 Å². The van der Waals surface area contributed by atoms with E-state index in [4.69, 9.17) is 9.47 Å². The third kappa shape index (κ3) is 2.79. The summed E-state index contributed by atoms with van der Waals surface area (Å²) in [6.07, 6.45) is 9.36. The van der Waals surface area contributed by atoms with Gasteiger partial charge in [-0.05, 0) is 86.9 Å². The van der Waals surface area contributed by atoms with E-state index in [0.717, 1.165) is 31.6 Å². The molecule has 0 aromatic carbocycles. The van der Waals surface area contributed by atoms with E-state index in [1.165, 1.54) is 25.7 Å². The fourth-order valence-electron chi connectivity index (χ4n) is 7.86. The van der Waals surface area contributed by atoms with E-state index in [1.54, 1.807) is 0 Å². The molecule has 0 bridgehead atoms. The molecule has 1 heterocycles. The highest BCUT2D eigenvalue weighted by molar-refractivity contribution is 5.13. The van der Waals surface area contributed by atoms with Crippen molar-refractivity contribution in [3.8, 4) is 0 Å². The summed E-state index contributed by atoms with van der Waals surface area (Å²) in [5.41, 5.74) is 0.206. The highest BCUT2D eigenvalue weighted by atomic mass is 16.7. The third-order valence-electron chi connectivity index (χ3n) is 9.09. The summed E-state index contributed by atoms with van der Waals surface area (Å²) in [6, 6.07) is 0. The summed E-state index contributed by atoms with van der Waals surface area (Å²) >= 11 is 0. The van der Waals surface area contributed by atoms with Gasteiger partial charge in [0.05, 0.1) is 18.3 Å². The average molecular weight is 365 g/mol. The molecular formula is C23H40O3. The van der Waals surface area contributed by atoms with Crippen LogP contribution in [0, 0.1) is 28.1 Å². The predicted molar refractivity (Wildman–Crippen MR) is 104 cm³/mol. The molecule has 4 fully saturated rings. The van der Waals surface area contributed by atoms with E-state index in [2.05, 4.69) is 27.7 Å². The van der Waals surface area contributed by atoms with E-state index in [9.17, 15) is 5.11 Å². The first-order valence-corrected chi connectivity index (χ1v) is 10.9. The largest absolute Gasteiger partial charge is 0.390 e. The van der Waals surface area contributed by atoms with Gasteiger partial charge in [0.25, 0.3) is 0 Å². The van der Waals surface area contributed by atoms with Crippen molar-refractivity contribution in [2.75, 3.05) is 6.61 Å². The SMILES string of the molecule is CC1(C)OC[C@@H]([C@]2(C)CC[C@@H]3[C@](O)(CC[C@@H]4C(C)(C)CCC[C@]43C)C2)O1. The zero-order valence-electron chi connectivity index (χ0n) is 17.9. The molecule has 3 heteroatoms. The van der Waals surface area contributed by atoms with Crippen molar-refractivity contribution < 1.29 is 14.6 Å². The van der Waals surface area contributed by atoms with Crippen LogP contribution in [0.25, 0.3) is 0 Å². The standard InChI is InChI=1S/C23H40O3/c1-19(2)10-7-11-22(6)16(19)9-13-23(24)15-21(5,12-8-17(22)23)18-14-25-20(3,4)26-18/h16-18,24H,7-15H2,1-6H3/t16-,17+,18+,21-,22-,23+/m1/s1. The van der Waals surface area contributed by atoms with Crippen LogP contribution in [0.1, 0.15) is 92.9 Å². The maximum atomic E-state index is 11.9. The minimum atomic E-state index is -0.526. The monoisotopic (exact) mass is 364 g/mol. The lowest BCUT2D eigenvalue weighted by Gasteiger charge is -2.65. The fourth-order valence-corrected chi connectivity index (χ4v) is 7.86. The summed E-state index contributed by atoms with van der Waals surface area (Å²) in [6.45, 7) is 14.5. The summed E-state index contributed by atoms with van der Waals surface area (Å²) in [5, 5.41) is 11.9. The van der Waals surface area contributed by atoms with Gasteiger partial charge in [0.2, 0.25) is 0 Å². The van der Waals surface area contributed by atoms with Gasteiger partial charge in [-0.15, -0.1) is 0 Å². The molecule has 3 saturated carbocycles. The maximum Gasteiger partial charge on any atom is 0.163 e. The van der Waals surface area contributed by atoms with Crippen molar-refractivity contribution >= 4 is 0 Å². The van der Waals surface area contributed by atoms with Crippen LogP contribution in [0.3, 0.4) is 0 Å². The Bertz CT molecular complexity index is 570. The topological polar surface area (TPSA) is 38.7 Å². The van der Waals surface area contributed by atoms with Crippen molar-refractivity contribution in [1.82, 2.24) is 0 Å². The molecule has 1 aliphatic heterocycles. The van der Waals surface area contributed by atoms with Crippen LogP contribution in [-0.2, 0) is 9.47 Å². The lowest BCUT2D eigenvalue weighted by atomic mass is 9.42. The van der Waals surface area contributed by atoms with Gasteiger partial charge < -0.3 is 14.6 Å². The van der Waals surface area contributed by atoms with Crippen LogP contribution < -0.4 is 0 Å². The Morgan fingerprint density at radius 2 is 1.54 bits per heavy atom. The molecule has 0 amide bonds. The predicted octanol–water partition coefficient (Wildman–Crippen LogP) is 5.30. The Hall–Kier alpha value is -0.120. The molecule has 0 unspecified atom stereocenters. The number of hydrogen-bond acceptors (Lipinski definition) is 3. The molecule has 6 atom stereocenters. The molecule has 4 aliphatic rings. The molecule has 0 radical (unpaired) electrons.